The van der Waals surface area contributed by atoms with E-state index in [0.29, 0.717) is 0 Å². The minimum Gasteiger partial charge on any atom is -0.456 e. The monoisotopic (exact) mass is 426 g/mol. The first kappa shape index (κ1) is 17.8. The summed E-state index contributed by atoms with van der Waals surface area (Å²) < 4.78 is 8.73. The Balaban J connectivity index is 1.57. The third-order valence-electron chi connectivity index (χ3n) is 6.27. The Morgan fingerprint density at radius 2 is 1.19 bits per heavy atom. The van der Waals surface area contributed by atoms with Crippen molar-refractivity contribution in [1.29, 1.82) is 0 Å². The Morgan fingerprint density at radius 1 is 0.469 bits per heavy atom. The van der Waals surface area contributed by atoms with E-state index < -0.39 is 0 Å². The summed E-state index contributed by atoms with van der Waals surface area (Å²) in [7, 11) is 0. The molecule has 32 heavy (non-hydrogen) atoms. The van der Waals surface area contributed by atoms with Gasteiger partial charge in [0.25, 0.3) is 0 Å². The van der Waals surface area contributed by atoms with E-state index in [-0.39, 0.29) is 0 Å². The smallest absolute Gasteiger partial charge is 0.135 e. The lowest BCUT2D eigenvalue weighted by Gasteiger charge is -2.09. The first-order chi connectivity index (χ1) is 15.8. The van der Waals surface area contributed by atoms with Crippen molar-refractivity contribution >= 4 is 53.4 Å². The van der Waals surface area contributed by atoms with Crippen LogP contribution in [0, 0.1) is 0 Å². The van der Waals surface area contributed by atoms with Crippen molar-refractivity contribution in [2.75, 3.05) is 0 Å². The number of hydrogen-bond acceptors (Lipinski definition) is 2. The summed E-state index contributed by atoms with van der Waals surface area (Å²) in [5.74, 6) is 0. The maximum Gasteiger partial charge on any atom is 0.135 e. The summed E-state index contributed by atoms with van der Waals surface area (Å²) in [4.78, 5) is 0. The second kappa shape index (κ2) is 6.81. The molecule has 0 unspecified atom stereocenters. The number of hydrogen-bond donors (Lipinski definition) is 0. The van der Waals surface area contributed by atoms with Crippen LogP contribution in [-0.4, -0.2) is 0 Å². The van der Waals surface area contributed by atoms with Crippen LogP contribution in [0.5, 0.6) is 0 Å². The molecule has 0 fully saturated rings. The Labute approximate surface area is 189 Å². The van der Waals surface area contributed by atoms with Gasteiger partial charge in [0.1, 0.15) is 11.2 Å². The fourth-order valence-corrected chi connectivity index (χ4v) is 5.95. The molecular weight excluding hydrogens is 408 g/mol. The summed E-state index contributed by atoms with van der Waals surface area (Å²) >= 11 is 1.87. The minimum atomic E-state index is 0.932. The first-order valence-corrected chi connectivity index (χ1v) is 11.6. The molecule has 150 valence electrons. The average Bonchev–Trinajstić information content (AvgIpc) is 3.42. The SMILES string of the molecule is c1ccc(-c2cc(-c3ccc4oc5ccccc5c4c3)c3sc4ccccc4c3c2)cc1. The van der Waals surface area contributed by atoms with Gasteiger partial charge in [-0.3, -0.25) is 0 Å². The predicted octanol–water partition coefficient (Wildman–Crippen LogP) is 9.29. The van der Waals surface area contributed by atoms with Gasteiger partial charge in [-0.05, 0) is 53.1 Å². The number of fused-ring (bicyclic) bond motifs is 6. The lowest BCUT2D eigenvalue weighted by Crippen LogP contribution is -1.83. The minimum absolute atomic E-state index is 0.932. The zero-order valence-electron chi connectivity index (χ0n) is 17.2. The molecule has 2 heteroatoms. The highest BCUT2D eigenvalue weighted by Gasteiger charge is 2.15. The molecule has 1 nitrogen and oxygen atoms in total. The summed E-state index contributed by atoms with van der Waals surface area (Å²) in [5, 5.41) is 4.97. The lowest BCUT2D eigenvalue weighted by atomic mass is 9.95. The molecule has 2 aromatic heterocycles. The zero-order chi connectivity index (χ0) is 21.1. The van der Waals surface area contributed by atoms with Crippen molar-refractivity contribution in [3.63, 3.8) is 0 Å². The van der Waals surface area contributed by atoms with E-state index in [1.54, 1.807) is 0 Å². The van der Waals surface area contributed by atoms with E-state index in [2.05, 4.69) is 97.1 Å². The Morgan fingerprint density at radius 3 is 2.09 bits per heavy atom. The van der Waals surface area contributed by atoms with Crippen molar-refractivity contribution in [1.82, 2.24) is 0 Å². The molecule has 0 bridgehead atoms. The average molecular weight is 427 g/mol. The van der Waals surface area contributed by atoms with Gasteiger partial charge in [-0.1, -0.05) is 72.8 Å². The summed E-state index contributed by atoms with van der Waals surface area (Å²) in [6, 6.07) is 38.9. The molecule has 2 heterocycles. The number of thiophene rings is 1. The first-order valence-electron chi connectivity index (χ1n) is 10.8. The molecule has 7 aromatic rings. The highest BCUT2D eigenvalue weighted by Crippen LogP contribution is 2.43. The summed E-state index contributed by atoms with van der Waals surface area (Å²) in [5.41, 5.74) is 6.84. The fraction of sp³-hybridized carbons (Fsp3) is 0. The van der Waals surface area contributed by atoms with E-state index in [1.165, 1.54) is 42.4 Å². The Hall–Kier alpha value is -3.88. The van der Waals surface area contributed by atoms with Gasteiger partial charge in [0, 0.05) is 36.5 Å². The van der Waals surface area contributed by atoms with Crippen molar-refractivity contribution in [3.05, 3.63) is 109 Å². The maximum atomic E-state index is 6.07. The molecular formula is C30H18OS. The lowest BCUT2D eigenvalue weighted by molar-refractivity contribution is 0.669. The van der Waals surface area contributed by atoms with Crippen LogP contribution >= 0.6 is 11.3 Å². The Kier molecular flexibility index (Phi) is 3.78. The molecule has 0 spiro atoms. The van der Waals surface area contributed by atoms with Crippen LogP contribution in [0.2, 0.25) is 0 Å². The van der Waals surface area contributed by atoms with Crippen molar-refractivity contribution < 1.29 is 4.42 Å². The molecule has 0 amide bonds. The number of benzene rings is 5. The van der Waals surface area contributed by atoms with Crippen LogP contribution < -0.4 is 0 Å². The van der Waals surface area contributed by atoms with Crippen LogP contribution in [-0.2, 0) is 0 Å². The number of rotatable bonds is 2. The van der Waals surface area contributed by atoms with Gasteiger partial charge in [-0.25, -0.2) is 0 Å². The highest BCUT2D eigenvalue weighted by atomic mass is 32.1. The van der Waals surface area contributed by atoms with E-state index in [1.807, 2.05) is 23.5 Å². The van der Waals surface area contributed by atoms with Gasteiger partial charge in [-0.2, -0.15) is 0 Å². The second-order valence-corrected chi connectivity index (χ2v) is 9.23. The van der Waals surface area contributed by atoms with Crippen LogP contribution in [0.25, 0.3) is 64.4 Å². The third-order valence-corrected chi connectivity index (χ3v) is 7.49. The molecule has 7 rings (SSSR count). The van der Waals surface area contributed by atoms with Gasteiger partial charge in [0.05, 0.1) is 0 Å². The maximum absolute atomic E-state index is 6.07. The second-order valence-electron chi connectivity index (χ2n) is 8.17. The van der Waals surface area contributed by atoms with E-state index in [9.17, 15) is 0 Å². The van der Waals surface area contributed by atoms with Crippen LogP contribution in [0.15, 0.2) is 114 Å². The normalized spacial score (nSPS) is 11.8. The quantitative estimate of drug-likeness (QED) is 0.268. The van der Waals surface area contributed by atoms with Crippen LogP contribution in [0.4, 0.5) is 0 Å². The van der Waals surface area contributed by atoms with Gasteiger partial charge >= 0.3 is 0 Å². The van der Waals surface area contributed by atoms with Crippen LogP contribution in [0.3, 0.4) is 0 Å². The largest absolute Gasteiger partial charge is 0.456 e. The van der Waals surface area contributed by atoms with E-state index >= 15 is 0 Å². The fourth-order valence-electron chi connectivity index (χ4n) is 4.73. The Bertz CT molecular complexity index is 1770. The number of furan rings is 1. The van der Waals surface area contributed by atoms with E-state index in [0.717, 1.165) is 21.9 Å². The number of para-hydroxylation sites is 1. The zero-order valence-corrected chi connectivity index (χ0v) is 18.0. The molecule has 0 aliphatic carbocycles. The van der Waals surface area contributed by atoms with Crippen LogP contribution in [0.1, 0.15) is 0 Å². The summed E-state index contributed by atoms with van der Waals surface area (Å²) in [6.45, 7) is 0. The summed E-state index contributed by atoms with van der Waals surface area (Å²) in [6.07, 6.45) is 0. The third kappa shape index (κ3) is 2.63. The van der Waals surface area contributed by atoms with E-state index in [4.69, 9.17) is 4.42 Å². The molecule has 0 N–H and O–H groups in total. The molecule has 0 saturated heterocycles. The topological polar surface area (TPSA) is 13.1 Å². The molecule has 5 aromatic carbocycles. The molecule has 0 saturated carbocycles. The van der Waals surface area contributed by atoms with Gasteiger partial charge in [-0.15, -0.1) is 11.3 Å². The molecule has 0 radical (unpaired) electrons. The predicted molar refractivity (Wildman–Crippen MR) is 137 cm³/mol. The molecule has 0 atom stereocenters. The van der Waals surface area contributed by atoms with Crippen molar-refractivity contribution in [2.24, 2.45) is 0 Å². The molecule has 0 aliphatic heterocycles. The van der Waals surface area contributed by atoms with Crippen molar-refractivity contribution in [3.8, 4) is 22.3 Å². The van der Waals surface area contributed by atoms with Gasteiger partial charge in [0.15, 0.2) is 0 Å². The standard InChI is InChI=1S/C30H18OS/c1-2-8-19(9-3-1)21-17-24(30-26(18-21)23-11-5-7-13-29(23)32-30)20-14-15-28-25(16-20)22-10-4-6-12-27(22)31-28/h1-18H. The van der Waals surface area contributed by atoms with Gasteiger partial charge in [0.2, 0.25) is 0 Å². The molecule has 0 aliphatic rings. The van der Waals surface area contributed by atoms with Gasteiger partial charge < -0.3 is 4.42 Å². The highest BCUT2D eigenvalue weighted by molar-refractivity contribution is 7.26. The van der Waals surface area contributed by atoms with Crippen molar-refractivity contribution in [2.45, 2.75) is 0 Å².